The van der Waals surface area contributed by atoms with E-state index in [-0.39, 0.29) is 37.5 Å². The lowest BCUT2D eigenvalue weighted by Gasteiger charge is -2.18. The minimum Gasteiger partial charge on any atom is -0.462 e. The van der Waals surface area contributed by atoms with E-state index in [1.165, 1.54) is 161 Å². The highest BCUT2D eigenvalue weighted by molar-refractivity contribution is 5.71. The van der Waals surface area contributed by atoms with Crippen molar-refractivity contribution in [3.8, 4) is 0 Å². The van der Waals surface area contributed by atoms with E-state index in [4.69, 9.17) is 14.2 Å². The van der Waals surface area contributed by atoms with Gasteiger partial charge in [-0.1, -0.05) is 229 Å². The van der Waals surface area contributed by atoms with Crippen LogP contribution in [0.15, 0.2) is 72.9 Å². The Hall–Kier alpha value is -3.15. The molecule has 6 heteroatoms. The van der Waals surface area contributed by atoms with Gasteiger partial charge in [-0.25, -0.2) is 0 Å². The quantitative estimate of drug-likeness (QED) is 0.0262. The van der Waals surface area contributed by atoms with E-state index in [0.717, 1.165) is 64.2 Å². The van der Waals surface area contributed by atoms with Crippen LogP contribution in [0.3, 0.4) is 0 Å². The molecule has 0 N–H and O–H groups in total. The van der Waals surface area contributed by atoms with Gasteiger partial charge in [0.15, 0.2) is 6.10 Å². The lowest BCUT2D eigenvalue weighted by Crippen LogP contribution is -2.30. The Morgan fingerprint density at radius 2 is 0.621 bits per heavy atom. The van der Waals surface area contributed by atoms with Crippen LogP contribution in [0.5, 0.6) is 0 Å². The summed E-state index contributed by atoms with van der Waals surface area (Å²) in [6.07, 6.45) is 69.0. The maximum atomic E-state index is 12.8. The zero-order valence-corrected chi connectivity index (χ0v) is 43.4. The molecule has 0 fully saturated rings. The Balaban J connectivity index is 4.43. The fraction of sp³-hybridized carbons (Fsp3) is 0.750. The number of carbonyl (C=O) groups is 3. The molecule has 0 aliphatic rings. The van der Waals surface area contributed by atoms with Gasteiger partial charge in [-0.05, 0) is 96.3 Å². The second kappa shape index (κ2) is 54.5. The standard InChI is InChI=1S/C60H104O6/c1-4-7-10-13-16-19-22-25-27-29-31-32-35-38-41-44-47-50-53-59(62)65-56-57(55-64-58(61)52-49-46-43-40-37-34-24-21-18-15-12-9-6-3)66-60(63)54-51-48-45-42-39-36-33-30-28-26-23-20-17-14-11-8-5-2/h9,12,18,21,26-29,34,37,43,46,57H,4-8,10-11,13-17,19-20,22-25,30-33,35-36,38-42,44-45,47-56H2,1-3H3/b12-9-,21-18-,28-26-,29-27-,37-34-,46-43-. The fourth-order valence-electron chi connectivity index (χ4n) is 7.74. The molecule has 1 unspecified atom stereocenters. The third-order valence-corrected chi connectivity index (χ3v) is 11.9. The van der Waals surface area contributed by atoms with Crippen LogP contribution in [-0.2, 0) is 28.6 Å². The van der Waals surface area contributed by atoms with Crippen molar-refractivity contribution >= 4 is 17.9 Å². The Kier molecular flexibility index (Phi) is 51.9. The zero-order chi connectivity index (χ0) is 47.9. The van der Waals surface area contributed by atoms with Gasteiger partial charge >= 0.3 is 17.9 Å². The highest BCUT2D eigenvalue weighted by Crippen LogP contribution is 2.15. The van der Waals surface area contributed by atoms with Crippen LogP contribution in [0, 0.1) is 0 Å². The van der Waals surface area contributed by atoms with E-state index in [9.17, 15) is 14.4 Å². The number of carbonyl (C=O) groups excluding carboxylic acids is 3. The molecule has 0 aliphatic heterocycles. The van der Waals surface area contributed by atoms with Gasteiger partial charge in [-0.3, -0.25) is 14.4 Å². The summed E-state index contributed by atoms with van der Waals surface area (Å²) in [7, 11) is 0. The van der Waals surface area contributed by atoms with E-state index < -0.39 is 6.10 Å². The summed E-state index contributed by atoms with van der Waals surface area (Å²) in [6, 6.07) is 0. The molecule has 0 aromatic heterocycles. The van der Waals surface area contributed by atoms with E-state index in [2.05, 4.69) is 87.6 Å². The van der Waals surface area contributed by atoms with Crippen molar-refractivity contribution in [2.75, 3.05) is 13.2 Å². The highest BCUT2D eigenvalue weighted by Gasteiger charge is 2.19. The third kappa shape index (κ3) is 51.8. The maximum absolute atomic E-state index is 12.8. The fourth-order valence-corrected chi connectivity index (χ4v) is 7.74. The van der Waals surface area contributed by atoms with E-state index in [1.807, 2.05) is 6.08 Å². The van der Waals surface area contributed by atoms with E-state index >= 15 is 0 Å². The number of hydrogen-bond acceptors (Lipinski definition) is 6. The van der Waals surface area contributed by atoms with Gasteiger partial charge in [0, 0.05) is 19.3 Å². The second-order valence-corrected chi connectivity index (χ2v) is 18.5. The number of hydrogen-bond donors (Lipinski definition) is 0. The van der Waals surface area contributed by atoms with Crippen LogP contribution in [0.4, 0.5) is 0 Å². The van der Waals surface area contributed by atoms with Crippen LogP contribution in [-0.4, -0.2) is 37.2 Å². The molecule has 1 atom stereocenters. The topological polar surface area (TPSA) is 78.9 Å². The monoisotopic (exact) mass is 921 g/mol. The molecule has 0 aromatic rings. The molecule has 0 saturated heterocycles. The molecule has 0 saturated carbocycles. The SMILES string of the molecule is CC/C=C\C/C=C\C/C=C\C/C=C\CCC(=O)OCC(COC(=O)CCCCCCCCC/C=C\CCCCCCCCC)OC(=O)CCCCCCCCC/C=C\CCCCCCCC. The summed E-state index contributed by atoms with van der Waals surface area (Å²) >= 11 is 0. The first kappa shape index (κ1) is 62.8. The molecular formula is C60H104O6. The van der Waals surface area contributed by atoms with E-state index in [0.29, 0.717) is 19.3 Å². The lowest BCUT2D eigenvalue weighted by atomic mass is 10.1. The average Bonchev–Trinajstić information content (AvgIpc) is 3.31. The molecule has 0 radical (unpaired) electrons. The van der Waals surface area contributed by atoms with Gasteiger partial charge < -0.3 is 14.2 Å². The van der Waals surface area contributed by atoms with Crippen LogP contribution < -0.4 is 0 Å². The predicted molar refractivity (Wildman–Crippen MR) is 284 cm³/mol. The van der Waals surface area contributed by atoms with Crippen LogP contribution >= 0.6 is 0 Å². The Morgan fingerprint density at radius 1 is 0.318 bits per heavy atom. The van der Waals surface area contributed by atoms with Crippen molar-refractivity contribution in [1.82, 2.24) is 0 Å². The van der Waals surface area contributed by atoms with Crippen molar-refractivity contribution < 1.29 is 28.6 Å². The molecule has 0 amide bonds. The second-order valence-electron chi connectivity index (χ2n) is 18.5. The Morgan fingerprint density at radius 3 is 1.02 bits per heavy atom. The number of esters is 3. The lowest BCUT2D eigenvalue weighted by molar-refractivity contribution is -0.166. The Bertz CT molecular complexity index is 1240. The zero-order valence-electron chi connectivity index (χ0n) is 43.4. The van der Waals surface area contributed by atoms with Gasteiger partial charge in [0.1, 0.15) is 13.2 Å². The summed E-state index contributed by atoms with van der Waals surface area (Å²) in [5.41, 5.74) is 0. The van der Waals surface area contributed by atoms with Crippen molar-refractivity contribution in [2.24, 2.45) is 0 Å². The van der Waals surface area contributed by atoms with Gasteiger partial charge in [0.2, 0.25) is 0 Å². The number of rotatable bonds is 50. The van der Waals surface area contributed by atoms with Gasteiger partial charge in [0.25, 0.3) is 0 Å². The first-order valence-corrected chi connectivity index (χ1v) is 27.9. The van der Waals surface area contributed by atoms with Crippen LogP contribution in [0.2, 0.25) is 0 Å². The Labute approximate surface area is 408 Å². The summed E-state index contributed by atoms with van der Waals surface area (Å²) in [5.74, 6) is -0.988. The van der Waals surface area contributed by atoms with Gasteiger partial charge in [0.05, 0.1) is 0 Å². The molecule has 380 valence electrons. The molecule has 0 spiro atoms. The minimum atomic E-state index is -0.808. The maximum Gasteiger partial charge on any atom is 0.306 e. The molecule has 0 rings (SSSR count). The van der Waals surface area contributed by atoms with Crippen molar-refractivity contribution in [1.29, 1.82) is 0 Å². The summed E-state index contributed by atoms with van der Waals surface area (Å²) in [6.45, 7) is 6.46. The van der Waals surface area contributed by atoms with Gasteiger partial charge in [-0.15, -0.1) is 0 Å². The molecule has 0 bridgehead atoms. The van der Waals surface area contributed by atoms with Crippen LogP contribution in [0.1, 0.15) is 271 Å². The number of ether oxygens (including phenoxy) is 3. The van der Waals surface area contributed by atoms with Crippen LogP contribution in [0.25, 0.3) is 0 Å². The molecule has 6 nitrogen and oxygen atoms in total. The highest BCUT2D eigenvalue weighted by atomic mass is 16.6. The predicted octanol–water partition coefficient (Wildman–Crippen LogP) is 18.6. The summed E-state index contributed by atoms with van der Waals surface area (Å²) in [5, 5.41) is 0. The average molecular weight is 921 g/mol. The molecule has 0 aromatic carbocycles. The van der Waals surface area contributed by atoms with E-state index in [1.54, 1.807) is 0 Å². The molecule has 0 aliphatic carbocycles. The summed E-state index contributed by atoms with van der Waals surface area (Å²) < 4.78 is 16.8. The third-order valence-electron chi connectivity index (χ3n) is 11.9. The minimum absolute atomic E-state index is 0.101. The van der Waals surface area contributed by atoms with Crippen molar-refractivity contribution in [2.45, 2.75) is 277 Å². The molecule has 66 heavy (non-hydrogen) atoms. The normalized spacial score (nSPS) is 12.6. The summed E-state index contributed by atoms with van der Waals surface area (Å²) in [4.78, 5) is 38.0. The molecule has 0 heterocycles. The smallest absolute Gasteiger partial charge is 0.306 e. The first-order chi connectivity index (χ1) is 32.5. The van der Waals surface area contributed by atoms with Crippen molar-refractivity contribution in [3.63, 3.8) is 0 Å². The number of allylic oxidation sites excluding steroid dienone is 12. The largest absolute Gasteiger partial charge is 0.462 e. The van der Waals surface area contributed by atoms with Gasteiger partial charge in [-0.2, -0.15) is 0 Å². The van der Waals surface area contributed by atoms with Crippen molar-refractivity contribution in [3.05, 3.63) is 72.9 Å². The molecular weight excluding hydrogens is 817 g/mol. The first-order valence-electron chi connectivity index (χ1n) is 27.9. The number of unbranched alkanes of at least 4 members (excludes halogenated alkanes) is 27.